The van der Waals surface area contributed by atoms with Gasteiger partial charge in [0.25, 0.3) is 0 Å². The zero-order chi connectivity index (χ0) is 24.9. The van der Waals surface area contributed by atoms with E-state index in [1.807, 2.05) is 24.3 Å². The Morgan fingerprint density at radius 1 is 0.686 bits per heavy atom. The molecule has 0 aliphatic heterocycles. The summed E-state index contributed by atoms with van der Waals surface area (Å²) in [5.74, 6) is 12.4. The number of benzene rings is 3. The molecule has 0 heterocycles. The smallest absolute Gasteiger partial charge is 0.142 e. The van der Waals surface area contributed by atoms with Crippen LogP contribution in [-0.4, -0.2) is 0 Å². The fraction of sp³-hybridized carbons (Fsp3) is 0.333. The lowest BCUT2D eigenvalue weighted by Gasteiger charge is -2.27. The van der Waals surface area contributed by atoms with Crippen LogP contribution >= 0.6 is 0 Å². The maximum atomic E-state index is 14.0. The molecule has 4 rings (SSSR count). The molecule has 2 heteroatoms. The van der Waals surface area contributed by atoms with Crippen molar-refractivity contribution in [3.05, 3.63) is 105 Å². The molecule has 0 nitrogen and oxygen atoms in total. The second kappa shape index (κ2) is 10.9. The van der Waals surface area contributed by atoms with Crippen molar-refractivity contribution in [2.75, 3.05) is 0 Å². The number of halogens is 2. The van der Waals surface area contributed by atoms with Crippen LogP contribution in [0, 0.1) is 67.9 Å². The molecule has 0 saturated heterocycles. The Morgan fingerprint density at radius 3 is 1.71 bits per heavy atom. The van der Waals surface area contributed by atoms with E-state index in [4.69, 9.17) is 0 Å². The van der Waals surface area contributed by atoms with E-state index in [-0.39, 0.29) is 5.56 Å². The summed E-state index contributed by atoms with van der Waals surface area (Å²) in [5.41, 5.74) is 7.05. The summed E-state index contributed by atoms with van der Waals surface area (Å²) in [7, 11) is 0. The molecule has 0 bridgehead atoms. The summed E-state index contributed by atoms with van der Waals surface area (Å²) < 4.78 is 28.0. The molecule has 3 aromatic carbocycles. The summed E-state index contributed by atoms with van der Waals surface area (Å²) in [6.07, 6.45) is 6.58. The van der Waals surface area contributed by atoms with Crippen LogP contribution in [0.3, 0.4) is 0 Å². The van der Waals surface area contributed by atoms with Gasteiger partial charge in [-0.15, -0.1) is 0 Å². The highest BCUT2D eigenvalue weighted by Crippen LogP contribution is 2.32. The van der Waals surface area contributed by atoms with Gasteiger partial charge in [0.05, 0.1) is 5.56 Å². The Morgan fingerprint density at radius 2 is 1.17 bits per heavy atom. The van der Waals surface area contributed by atoms with Gasteiger partial charge >= 0.3 is 0 Å². The number of hydrogen-bond acceptors (Lipinski definition) is 0. The van der Waals surface area contributed by atoms with Gasteiger partial charge in [-0.05, 0) is 123 Å². The molecule has 1 fully saturated rings. The minimum atomic E-state index is -0.637. The molecular weight excluding hydrogens is 434 g/mol. The van der Waals surface area contributed by atoms with E-state index in [0.717, 1.165) is 23.0 Å². The van der Waals surface area contributed by atoms with Crippen LogP contribution < -0.4 is 0 Å². The molecule has 0 atom stereocenters. The average molecular weight is 467 g/mol. The van der Waals surface area contributed by atoms with Crippen LogP contribution in [0.15, 0.2) is 48.5 Å². The van der Waals surface area contributed by atoms with Crippen LogP contribution in [0.25, 0.3) is 0 Å². The molecule has 0 aromatic heterocycles. The Labute approximate surface area is 208 Å². The molecule has 0 N–H and O–H groups in total. The van der Waals surface area contributed by atoms with Crippen molar-refractivity contribution in [2.24, 2.45) is 11.8 Å². The van der Waals surface area contributed by atoms with Crippen LogP contribution in [0.2, 0.25) is 0 Å². The highest BCUT2D eigenvalue weighted by Gasteiger charge is 2.20. The Bertz CT molecular complexity index is 1290. The normalized spacial score (nSPS) is 17.2. The van der Waals surface area contributed by atoms with Crippen molar-refractivity contribution in [1.29, 1.82) is 0 Å². The Hall–Kier alpha value is -3.36. The Balaban J connectivity index is 1.45. The van der Waals surface area contributed by atoms with Crippen molar-refractivity contribution in [2.45, 2.75) is 59.8 Å². The second-order valence-corrected chi connectivity index (χ2v) is 10.1. The number of aryl methyl sites for hydroxylation is 3. The first kappa shape index (κ1) is 24.8. The standard InChI is InChI=1S/C33H32F2/c1-22-5-7-28(8-6-22)21-31-24(3)19-29(20-25(31)4)14-13-26-9-11-27(12-10-26)15-16-30-32(34)17-23(2)18-33(30)35/h9-12,17-20,22,28H,5-8,21H2,1-4H3. The van der Waals surface area contributed by atoms with Gasteiger partial charge in [-0.3, -0.25) is 0 Å². The van der Waals surface area contributed by atoms with Gasteiger partial charge in [0, 0.05) is 16.7 Å². The van der Waals surface area contributed by atoms with E-state index in [9.17, 15) is 8.78 Å². The maximum absolute atomic E-state index is 14.0. The molecule has 178 valence electrons. The maximum Gasteiger partial charge on any atom is 0.142 e. The van der Waals surface area contributed by atoms with Crippen molar-refractivity contribution < 1.29 is 8.78 Å². The minimum Gasteiger partial charge on any atom is -0.206 e. The predicted octanol–water partition coefficient (Wildman–Crippen LogP) is 8.06. The van der Waals surface area contributed by atoms with Crippen molar-refractivity contribution in [3.8, 4) is 23.7 Å². The summed E-state index contributed by atoms with van der Waals surface area (Å²) in [4.78, 5) is 0. The lowest BCUT2D eigenvalue weighted by Crippen LogP contribution is -2.15. The number of rotatable bonds is 2. The predicted molar refractivity (Wildman–Crippen MR) is 140 cm³/mol. The van der Waals surface area contributed by atoms with Crippen LogP contribution in [0.4, 0.5) is 8.78 Å². The summed E-state index contributed by atoms with van der Waals surface area (Å²) in [5, 5.41) is 0. The third-order valence-electron chi connectivity index (χ3n) is 7.08. The fourth-order valence-electron chi connectivity index (χ4n) is 4.94. The third kappa shape index (κ3) is 6.41. The molecule has 0 unspecified atom stereocenters. The first-order valence-corrected chi connectivity index (χ1v) is 12.5. The van der Waals surface area contributed by atoms with Crippen LogP contribution in [-0.2, 0) is 6.42 Å². The van der Waals surface area contributed by atoms with E-state index in [2.05, 4.69) is 56.6 Å². The summed E-state index contributed by atoms with van der Waals surface area (Å²) in [6, 6.07) is 14.4. The van der Waals surface area contributed by atoms with E-state index in [1.54, 1.807) is 6.92 Å². The van der Waals surface area contributed by atoms with E-state index in [0.29, 0.717) is 11.1 Å². The lowest BCUT2D eigenvalue weighted by atomic mass is 9.79. The van der Waals surface area contributed by atoms with Gasteiger partial charge in [-0.1, -0.05) is 43.4 Å². The SMILES string of the molecule is Cc1cc(F)c(C#Cc2ccc(C#Cc3cc(C)c(CC4CCC(C)CC4)c(C)c3)cc2)c(F)c1. The Kier molecular flexibility index (Phi) is 7.73. The zero-order valence-corrected chi connectivity index (χ0v) is 21.1. The highest BCUT2D eigenvalue weighted by molar-refractivity contribution is 5.50. The molecular formula is C33H32F2. The fourth-order valence-corrected chi connectivity index (χ4v) is 4.94. The molecule has 0 radical (unpaired) electrons. The largest absolute Gasteiger partial charge is 0.206 e. The summed E-state index contributed by atoms with van der Waals surface area (Å²) in [6.45, 7) is 8.42. The van der Waals surface area contributed by atoms with Crippen LogP contribution in [0.5, 0.6) is 0 Å². The second-order valence-electron chi connectivity index (χ2n) is 10.1. The van der Waals surface area contributed by atoms with Crippen molar-refractivity contribution in [3.63, 3.8) is 0 Å². The van der Waals surface area contributed by atoms with E-state index < -0.39 is 11.6 Å². The molecule has 0 amide bonds. The summed E-state index contributed by atoms with van der Waals surface area (Å²) >= 11 is 0. The van der Waals surface area contributed by atoms with E-state index >= 15 is 0 Å². The van der Waals surface area contributed by atoms with Gasteiger partial charge < -0.3 is 0 Å². The van der Waals surface area contributed by atoms with Crippen molar-refractivity contribution in [1.82, 2.24) is 0 Å². The zero-order valence-electron chi connectivity index (χ0n) is 21.1. The van der Waals surface area contributed by atoms with Gasteiger partial charge in [0.15, 0.2) is 0 Å². The quantitative estimate of drug-likeness (QED) is 0.335. The topological polar surface area (TPSA) is 0 Å². The molecule has 1 aliphatic rings. The van der Waals surface area contributed by atoms with Gasteiger partial charge in [0.2, 0.25) is 0 Å². The number of hydrogen-bond donors (Lipinski definition) is 0. The first-order valence-electron chi connectivity index (χ1n) is 12.5. The first-order chi connectivity index (χ1) is 16.8. The molecule has 3 aromatic rings. The van der Waals surface area contributed by atoms with Crippen LogP contribution in [0.1, 0.15) is 77.1 Å². The van der Waals surface area contributed by atoms with Gasteiger partial charge in [0.1, 0.15) is 11.6 Å². The van der Waals surface area contributed by atoms with Gasteiger partial charge in [-0.2, -0.15) is 0 Å². The van der Waals surface area contributed by atoms with E-state index in [1.165, 1.54) is 60.9 Å². The highest BCUT2D eigenvalue weighted by atomic mass is 19.1. The monoisotopic (exact) mass is 466 g/mol. The lowest BCUT2D eigenvalue weighted by molar-refractivity contribution is 0.288. The molecule has 1 saturated carbocycles. The molecule has 35 heavy (non-hydrogen) atoms. The van der Waals surface area contributed by atoms with Crippen molar-refractivity contribution >= 4 is 0 Å². The minimum absolute atomic E-state index is 0.202. The van der Waals surface area contributed by atoms with Gasteiger partial charge in [-0.25, -0.2) is 8.78 Å². The third-order valence-corrected chi connectivity index (χ3v) is 7.08. The average Bonchev–Trinajstić information content (AvgIpc) is 2.81. The molecule has 1 aliphatic carbocycles. The molecule has 0 spiro atoms.